The minimum Gasteiger partial charge on any atom is -0.340 e. The molecule has 2 N–H and O–H groups in total. The van der Waals surface area contributed by atoms with Crippen LogP contribution in [0.15, 0.2) is 18.3 Å². The number of aromatic nitrogens is 3. The number of hydrogen-bond acceptors (Lipinski definition) is 3. The largest absolute Gasteiger partial charge is 0.340 e. The molecular weight excluding hydrogens is 212 g/mol. The van der Waals surface area contributed by atoms with E-state index in [2.05, 4.69) is 27.2 Å². The number of fused-ring (bicyclic) bond motifs is 1. The molecule has 0 amide bonds. The van der Waals surface area contributed by atoms with Crippen molar-refractivity contribution < 1.29 is 0 Å². The van der Waals surface area contributed by atoms with E-state index < -0.39 is 0 Å². The normalized spacial score (nSPS) is 25.2. The van der Waals surface area contributed by atoms with Crippen molar-refractivity contribution in [3.63, 3.8) is 0 Å². The molecule has 0 bridgehead atoms. The molecule has 0 aliphatic carbocycles. The number of piperidine rings is 1. The minimum atomic E-state index is 0.166. The van der Waals surface area contributed by atoms with Crippen molar-refractivity contribution in [2.45, 2.75) is 31.6 Å². The molecule has 0 radical (unpaired) electrons. The third kappa shape index (κ3) is 1.72. The summed E-state index contributed by atoms with van der Waals surface area (Å²) < 4.78 is 0. The van der Waals surface area contributed by atoms with Crippen LogP contribution in [0.2, 0.25) is 0 Å². The van der Waals surface area contributed by atoms with Crippen LogP contribution in [-0.4, -0.2) is 28.0 Å². The number of imidazole rings is 1. The predicted molar refractivity (Wildman–Crippen MR) is 68.0 cm³/mol. The summed E-state index contributed by atoms with van der Waals surface area (Å²) in [6.45, 7) is 4.39. The molecule has 1 fully saturated rings. The first kappa shape index (κ1) is 10.7. The Hall–Kier alpha value is -1.42. The number of hydrogen-bond donors (Lipinski definition) is 2. The Kier molecular flexibility index (Phi) is 2.59. The zero-order valence-electron chi connectivity index (χ0n) is 10.2. The van der Waals surface area contributed by atoms with E-state index in [0.29, 0.717) is 0 Å². The summed E-state index contributed by atoms with van der Waals surface area (Å²) in [5.41, 5.74) is 2.04. The van der Waals surface area contributed by atoms with Gasteiger partial charge in [-0.3, -0.25) is 0 Å². The van der Waals surface area contributed by atoms with Crippen molar-refractivity contribution >= 4 is 11.2 Å². The topological polar surface area (TPSA) is 53.6 Å². The smallest absolute Gasteiger partial charge is 0.177 e. The van der Waals surface area contributed by atoms with Gasteiger partial charge in [0.05, 0.1) is 5.52 Å². The summed E-state index contributed by atoms with van der Waals surface area (Å²) in [6.07, 6.45) is 5.33. The van der Waals surface area contributed by atoms with Gasteiger partial charge in [-0.1, -0.05) is 6.92 Å². The van der Waals surface area contributed by atoms with E-state index in [1.165, 1.54) is 12.8 Å². The lowest BCUT2D eigenvalue weighted by Gasteiger charge is -2.35. The van der Waals surface area contributed by atoms with Crippen molar-refractivity contribution in [2.75, 3.05) is 13.1 Å². The second kappa shape index (κ2) is 4.11. The van der Waals surface area contributed by atoms with Crippen LogP contribution in [0.1, 0.15) is 32.0 Å². The van der Waals surface area contributed by atoms with Gasteiger partial charge in [0.25, 0.3) is 0 Å². The standard InChI is InChI=1S/C13H18N4/c1-2-13(6-4-7-14-9-13)12-16-10-5-3-8-15-11(10)17-12/h3,5,8,14H,2,4,6-7,9H2,1H3,(H,15,16,17). The van der Waals surface area contributed by atoms with Gasteiger partial charge in [0.2, 0.25) is 0 Å². The van der Waals surface area contributed by atoms with Crippen LogP contribution >= 0.6 is 0 Å². The molecular formula is C13H18N4. The Balaban J connectivity index is 2.05. The van der Waals surface area contributed by atoms with Gasteiger partial charge in [-0.25, -0.2) is 9.97 Å². The van der Waals surface area contributed by atoms with E-state index in [0.717, 1.165) is 36.5 Å². The highest BCUT2D eigenvalue weighted by molar-refractivity contribution is 5.70. The van der Waals surface area contributed by atoms with Gasteiger partial charge < -0.3 is 10.3 Å². The van der Waals surface area contributed by atoms with Gasteiger partial charge in [0.1, 0.15) is 5.82 Å². The number of nitrogens with zero attached hydrogens (tertiary/aromatic N) is 2. The monoisotopic (exact) mass is 230 g/mol. The summed E-state index contributed by atoms with van der Waals surface area (Å²) >= 11 is 0. The van der Waals surface area contributed by atoms with Crippen LogP contribution in [0, 0.1) is 0 Å². The lowest BCUT2D eigenvalue weighted by molar-refractivity contribution is 0.290. The van der Waals surface area contributed by atoms with Gasteiger partial charge in [-0.2, -0.15) is 0 Å². The molecule has 3 heterocycles. The maximum atomic E-state index is 4.67. The second-order valence-corrected chi connectivity index (χ2v) is 4.87. The fraction of sp³-hybridized carbons (Fsp3) is 0.538. The average molecular weight is 230 g/mol. The quantitative estimate of drug-likeness (QED) is 0.829. The molecule has 90 valence electrons. The first-order valence-corrected chi connectivity index (χ1v) is 6.36. The van der Waals surface area contributed by atoms with E-state index >= 15 is 0 Å². The van der Waals surface area contributed by atoms with E-state index in [1.807, 2.05) is 12.1 Å². The van der Waals surface area contributed by atoms with Gasteiger partial charge in [-0.05, 0) is 37.9 Å². The number of nitrogens with one attached hydrogen (secondary N) is 2. The molecule has 2 aromatic rings. The van der Waals surface area contributed by atoms with Crippen LogP contribution in [0.5, 0.6) is 0 Å². The zero-order valence-corrected chi connectivity index (χ0v) is 10.2. The highest BCUT2D eigenvalue weighted by atomic mass is 15.0. The van der Waals surface area contributed by atoms with Gasteiger partial charge >= 0.3 is 0 Å². The van der Waals surface area contributed by atoms with Gasteiger partial charge in [0, 0.05) is 18.2 Å². The first-order valence-electron chi connectivity index (χ1n) is 6.36. The lowest BCUT2D eigenvalue weighted by atomic mass is 9.77. The molecule has 0 aromatic carbocycles. The van der Waals surface area contributed by atoms with Crippen molar-refractivity contribution in [3.05, 3.63) is 24.2 Å². The predicted octanol–water partition coefficient (Wildman–Crippen LogP) is 1.99. The van der Waals surface area contributed by atoms with Crippen molar-refractivity contribution in [3.8, 4) is 0 Å². The summed E-state index contributed by atoms with van der Waals surface area (Å²) in [5, 5.41) is 3.49. The third-order valence-electron chi connectivity index (χ3n) is 3.91. The van der Waals surface area contributed by atoms with E-state index in [9.17, 15) is 0 Å². The Labute approximate surface area is 101 Å². The molecule has 0 saturated carbocycles. The maximum absolute atomic E-state index is 4.67. The van der Waals surface area contributed by atoms with Crippen molar-refractivity contribution in [1.82, 2.24) is 20.3 Å². The Morgan fingerprint density at radius 1 is 1.47 bits per heavy atom. The third-order valence-corrected chi connectivity index (χ3v) is 3.91. The summed E-state index contributed by atoms with van der Waals surface area (Å²) in [7, 11) is 0. The minimum absolute atomic E-state index is 0.166. The van der Waals surface area contributed by atoms with E-state index in [1.54, 1.807) is 6.20 Å². The molecule has 3 rings (SSSR count). The molecule has 17 heavy (non-hydrogen) atoms. The van der Waals surface area contributed by atoms with Gasteiger partial charge in [-0.15, -0.1) is 0 Å². The highest BCUT2D eigenvalue weighted by Crippen LogP contribution is 2.33. The Bertz CT molecular complexity index is 478. The summed E-state index contributed by atoms with van der Waals surface area (Å²) in [6, 6.07) is 3.99. The van der Waals surface area contributed by atoms with Crippen molar-refractivity contribution in [2.24, 2.45) is 0 Å². The summed E-state index contributed by atoms with van der Waals surface area (Å²) in [4.78, 5) is 12.4. The fourth-order valence-electron chi connectivity index (χ4n) is 2.74. The van der Waals surface area contributed by atoms with Crippen LogP contribution in [0.3, 0.4) is 0 Å². The van der Waals surface area contributed by atoms with Gasteiger partial charge in [0.15, 0.2) is 5.65 Å². The number of H-pyrrole nitrogens is 1. The molecule has 1 saturated heterocycles. The molecule has 1 unspecified atom stereocenters. The number of aromatic amines is 1. The SMILES string of the molecule is CCC1(c2nc3ncccc3[nH]2)CCCNC1. The molecule has 2 aromatic heterocycles. The second-order valence-electron chi connectivity index (χ2n) is 4.87. The number of rotatable bonds is 2. The Morgan fingerprint density at radius 2 is 2.41 bits per heavy atom. The average Bonchev–Trinajstić information content (AvgIpc) is 2.84. The maximum Gasteiger partial charge on any atom is 0.177 e. The molecule has 1 atom stereocenters. The molecule has 4 heteroatoms. The fourth-order valence-corrected chi connectivity index (χ4v) is 2.74. The van der Waals surface area contributed by atoms with Crippen LogP contribution in [0.4, 0.5) is 0 Å². The first-order chi connectivity index (χ1) is 8.34. The molecule has 0 spiro atoms. The van der Waals surface area contributed by atoms with Crippen molar-refractivity contribution in [1.29, 1.82) is 0 Å². The Morgan fingerprint density at radius 3 is 3.12 bits per heavy atom. The highest BCUT2D eigenvalue weighted by Gasteiger charge is 2.35. The molecule has 1 aliphatic heterocycles. The molecule has 1 aliphatic rings. The lowest BCUT2D eigenvalue weighted by Crippen LogP contribution is -2.43. The van der Waals surface area contributed by atoms with E-state index in [4.69, 9.17) is 0 Å². The number of pyridine rings is 1. The van der Waals surface area contributed by atoms with Crippen LogP contribution < -0.4 is 5.32 Å². The zero-order chi connectivity index (χ0) is 11.7. The van der Waals surface area contributed by atoms with E-state index in [-0.39, 0.29) is 5.41 Å². The molecule has 4 nitrogen and oxygen atoms in total. The summed E-state index contributed by atoms with van der Waals surface area (Å²) in [5.74, 6) is 1.10. The van der Waals surface area contributed by atoms with Crippen LogP contribution in [-0.2, 0) is 5.41 Å². The van der Waals surface area contributed by atoms with Crippen LogP contribution in [0.25, 0.3) is 11.2 Å².